The maximum atomic E-state index is 11.4. The van der Waals surface area contributed by atoms with Gasteiger partial charge in [-0.25, -0.2) is 9.97 Å². The van der Waals surface area contributed by atoms with Gasteiger partial charge in [0.15, 0.2) is 5.82 Å². The second-order valence-corrected chi connectivity index (χ2v) is 3.69. The van der Waals surface area contributed by atoms with Crippen molar-refractivity contribution in [1.29, 1.82) is 0 Å². The van der Waals surface area contributed by atoms with E-state index in [0.29, 0.717) is 5.82 Å². The summed E-state index contributed by atoms with van der Waals surface area (Å²) in [5.41, 5.74) is 4.38. The van der Waals surface area contributed by atoms with Crippen LogP contribution in [0.15, 0.2) is 18.5 Å². The molecule has 2 amide bonds. The molecule has 0 aromatic carbocycles. The van der Waals surface area contributed by atoms with Crippen LogP contribution in [0.4, 0.5) is 0 Å². The van der Waals surface area contributed by atoms with Gasteiger partial charge in [-0.05, 0) is 18.9 Å². The van der Waals surface area contributed by atoms with Crippen LogP contribution in [0.2, 0.25) is 0 Å². The Bertz CT molecular complexity index is 414. The lowest BCUT2D eigenvalue weighted by atomic mass is 10.2. The molecule has 1 fully saturated rings. The summed E-state index contributed by atoms with van der Waals surface area (Å²) >= 11 is 0. The van der Waals surface area contributed by atoms with Crippen LogP contribution in [0.5, 0.6) is 0 Å². The standard InChI is InChI=1S/C10H11N4O2/c11-7(15)6-8(16)14-10(2-3-10)9-12-4-1-5-13-9/h1,4-6H,2-3H2,(H2,11,15)(H,14,16). The van der Waals surface area contributed by atoms with E-state index in [1.807, 2.05) is 0 Å². The molecule has 0 saturated heterocycles. The van der Waals surface area contributed by atoms with Gasteiger partial charge in [0.25, 0.3) is 0 Å². The van der Waals surface area contributed by atoms with Crippen LogP contribution < -0.4 is 11.1 Å². The van der Waals surface area contributed by atoms with E-state index in [1.54, 1.807) is 18.5 Å². The maximum Gasteiger partial charge on any atom is 0.234 e. The summed E-state index contributed by atoms with van der Waals surface area (Å²) in [6.45, 7) is 0. The van der Waals surface area contributed by atoms with Crippen molar-refractivity contribution in [2.75, 3.05) is 0 Å². The Balaban J connectivity index is 2.05. The third-order valence-corrected chi connectivity index (χ3v) is 2.38. The Morgan fingerprint density at radius 1 is 1.38 bits per heavy atom. The van der Waals surface area contributed by atoms with E-state index >= 15 is 0 Å². The summed E-state index contributed by atoms with van der Waals surface area (Å²) in [5.74, 6) is -0.694. The van der Waals surface area contributed by atoms with Gasteiger partial charge in [-0.15, -0.1) is 0 Å². The first-order valence-corrected chi connectivity index (χ1v) is 4.86. The monoisotopic (exact) mass is 219 g/mol. The predicted octanol–water partition coefficient (Wildman–Crippen LogP) is -0.729. The number of nitrogens with zero attached hydrogens (tertiary/aromatic N) is 2. The van der Waals surface area contributed by atoms with E-state index < -0.39 is 17.4 Å². The van der Waals surface area contributed by atoms with Crippen molar-refractivity contribution in [3.63, 3.8) is 0 Å². The molecule has 16 heavy (non-hydrogen) atoms. The maximum absolute atomic E-state index is 11.4. The zero-order chi connectivity index (χ0) is 11.6. The highest BCUT2D eigenvalue weighted by Gasteiger charge is 2.48. The number of hydrogen-bond donors (Lipinski definition) is 2. The number of primary amides is 1. The van der Waals surface area contributed by atoms with Crippen LogP contribution in [0, 0.1) is 6.42 Å². The second kappa shape index (κ2) is 3.88. The van der Waals surface area contributed by atoms with E-state index in [1.165, 1.54) is 0 Å². The number of rotatable bonds is 4. The molecular weight excluding hydrogens is 208 g/mol. The van der Waals surface area contributed by atoms with Gasteiger partial charge < -0.3 is 11.1 Å². The van der Waals surface area contributed by atoms with Crippen LogP contribution in [-0.2, 0) is 15.1 Å². The summed E-state index contributed by atoms with van der Waals surface area (Å²) in [6.07, 6.45) is 5.60. The molecule has 0 aliphatic heterocycles. The zero-order valence-electron chi connectivity index (χ0n) is 8.51. The van der Waals surface area contributed by atoms with Crippen LogP contribution in [0.25, 0.3) is 0 Å². The van der Waals surface area contributed by atoms with Gasteiger partial charge in [0.1, 0.15) is 6.42 Å². The number of aromatic nitrogens is 2. The minimum atomic E-state index is -0.762. The van der Waals surface area contributed by atoms with Crippen molar-refractivity contribution in [3.05, 3.63) is 30.7 Å². The first kappa shape index (κ1) is 10.5. The first-order chi connectivity index (χ1) is 7.62. The SMILES string of the molecule is NC(=O)[CH]C(=O)NC1(c2ncccn2)CC1. The minimum Gasteiger partial charge on any atom is -0.369 e. The van der Waals surface area contributed by atoms with Crippen LogP contribution in [0.1, 0.15) is 18.7 Å². The molecule has 6 nitrogen and oxygen atoms in total. The molecule has 83 valence electrons. The van der Waals surface area contributed by atoms with E-state index in [-0.39, 0.29) is 0 Å². The summed E-state index contributed by atoms with van der Waals surface area (Å²) in [7, 11) is 0. The molecule has 2 rings (SSSR count). The Labute approximate surface area is 92.3 Å². The van der Waals surface area contributed by atoms with Crippen molar-refractivity contribution >= 4 is 11.8 Å². The van der Waals surface area contributed by atoms with Gasteiger partial charge in [0, 0.05) is 12.4 Å². The molecule has 6 heteroatoms. The highest BCUT2D eigenvalue weighted by atomic mass is 16.2. The summed E-state index contributed by atoms with van der Waals surface area (Å²) in [6, 6.07) is 1.71. The molecule has 0 bridgehead atoms. The largest absolute Gasteiger partial charge is 0.369 e. The van der Waals surface area contributed by atoms with E-state index in [0.717, 1.165) is 19.3 Å². The van der Waals surface area contributed by atoms with Gasteiger partial charge in [0.2, 0.25) is 11.8 Å². The molecule has 1 radical (unpaired) electrons. The number of hydrogen-bond acceptors (Lipinski definition) is 4. The quantitative estimate of drug-likeness (QED) is 0.652. The Morgan fingerprint density at radius 2 is 2.00 bits per heavy atom. The first-order valence-electron chi connectivity index (χ1n) is 4.86. The zero-order valence-corrected chi connectivity index (χ0v) is 8.51. The van der Waals surface area contributed by atoms with E-state index in [4.69, 9.17) is 5.73 Å². The van der Waals surface area contributed by atoms with Gasteiger partial charge in [0.05, 0.1) is 5.54 Å². The molecular formula is C10H11N4O2. The molecule has 1 heterocycles. The smallest absolute Gasteiger partial charge is 0.234 e. The molecule has 0 atom stereocenters. The lowest BCUT2D eigenvalue weighted by molar-refractivity contribution is -0.123. The number of nitrogens with two attached hydrogens (primary N) is 1. The number of amides is 2. The molecule has 0 spiro atoms. The Hall–Kier alpha value is -1.98. The minimum absolute atomic E-state index is 0.502. The highest BCUT2D eigenvalue weighted by molar-refractivity contribution is 6.08. The van der Waals surface area contributed by atoms with Crippen LogP contribution in [-0.4, -0.2) is 21.8 Å². The fourth-order valence-electron chi connectivity index (χ4n) is 1.48. The molecule has 1 aromatic heterocycles. The van der Waals surface area contributed by atoms with Crippen molar-refractivity contribution in [3.8, 4) is 0 Å². The molecule has 3 N–H and O–H groups in total. The average Bonchev–Trinajstić information content (AvgIpc) is 2.99. The molecule has 1 aliphatic carbocycles. The van der Waals surface area contributed by atoms with Gasteiger partial charge >= 0.3 is 0 Å². The van der Waals surface area contributed by atoms with Crippen molar-refractivity contribution < 1.29 is 9.59 Å². The lowest BCUT2D eigenvalue weighted by Gasteiger charge is -2.14. The van der Waals surface area contributed by atoms with Crippen LogP contribution in [0.3, 0.4) is 0 Å². The van der Waals surface area contributed by atoms with E-state index in [9.17, 15) is 9.59 Å². The predicted molar refractivity (Wildman–Crippen MR) is 54.6 cm³/mol. The summed E-state index contributed by atoms with van der Waals surface area (Å²) in [4.78, 5) is 30.1. The normalized spacial score (nSPS) is 16.5. The lowest BCUT2D eigenvalue weighted by Crippen LogP contribution is -2.38. The summed E-state index contributed by atoms with van der Waals surface area (Å²) < 4.78 is 0. The number of carbonyl (C=O) groups excluding carboxylic acids is 2. The Kier molecular flexibility index (Phi) is 2.55. The van der Waals surface area contributed by atoms with Crippen molar-refractivity contribution in [2.24, 2.45) is 5.73 Å². The second-order valence-electron chi connectivity index (χ2n) is 3.69. The van der Waals surface area contributed by atoms with Crippen molar-refractivity contribution in [1.82, 2.24) is 15.3 Å². The Morgan fingerprint density at radius 3 is 2.50 bits per heavy atom. The summed E-state index contributed by atoms with van der Waals surface area (Å²) in [5, 5.41) is 2.69. The molecule has 0 unspecified atom stereocenters. The van der Waals surface area contributed by atoms with E-state index in [2.05, 4.69) is 15.3 Å². The molecule has 1 aromatic rings. The number of nitrogens with one attached hydrogen (secondary N) is 1. The topological polar surface area (TPSA) is 98.0 Å². The average molecular weight is 219 g/mol. The van der Waals surface area contributed by atoms with Crippen LogP contribution >= 0.6 is 0 Å². The number of carbonyl (C=O) groups is 2. The highest BCUT2D eigenvalue weighted by Crippen LogP contribution is 2.43. The third kappa shape index (κ3) is 2.16. The van der Waals surface area contributed by atoms with Gasteiger partial charge in [-0.2, -0.15) is 0 Å². The van der Waals surface area contributed by atoms with Gasteiger partial charge in [-0.1, -0.05) is 0 Å². The van der Waals surface area contributed by atoms with Crippen molar-refractivity contribution in [2.45, 2.75) is 18.4 Å². The molecule has 1 saturated carbocycles. The third-order valence-electron chi connectivity index (χ3n) is 2.38. The van der Waals surface area contributed by atoms with Gasteiger partial charge in [-0.3, -0.25) is 9.59 Å². The fraction of sp³-hybridized carbons (Fsp3) is 0.300. The molecule has 1 aliphatic rings. The fourth-order valence-corrected chi connectivity index (χ4v) is 1.48.